The van der Waals surface area contributed by atoms with Gasteiger partial charge in [-0.15, -0.1) is 11.6 Å². The third-order valence-electron chi connectivity index (χ3n) is 6.15. The molecule has 0 aromatic carbocycles. The molecule has 0 bridgehead atoms. The molecule has 0 unspecified atom stereocenters. The number of piperidine rings is 1. The molecule has 3 heterocycles. The fourth-order valence-electron chi connectivity index (χ4n) is 3.69. The van der Waals surface area contributed by atoms with E-state index in [0.29, 0.717) is 6.04 Å². The Labute approximate surface area is 183 Å². The van der Waals surface area contributed by atoms with Gasteiger partial charge in [0.05, 0.1) is 11.2 Å². The van der Waals surface area contributed by atoms with Crippen LogP contribution in [0.3, 0.4) is 0 Å². The average Bonchev–Trinajstić information content (AvgIpc) is 2.92. The van der Waals surface area contributed by atoms with Crippen LogP contribution in [0.5, 0.6) is 0 Å². The summed E-state index contributed by atoms with van der Waals surface area (Å²) in [5.74, 6) is 1.06. The molecular weight excluding hydrogens is 409 g/mol. The quantitative estimate of drug-likeness (QED) is 0.214. The van der Waals surface area contributed by atoms with Crippen LogP contribution in [-0.4, -0.2) is 63.3 Å². The second kappa shape index (κ2) is 9.54. The standard InChI is InChI=1S/C20H31BClN3O3S/c1-19(2)20(3,4)28-21(27-19)15-13-23-18(24-14-15)29-11-7-9-16-8-5-6-10-25(16)17(26)12-22/h13-14,16H,5-12H2,1-4H3/t16-/m1/s1. The van der Waals surface area contributed by atoms with E-state index < -0.39 is 7.12 Å². The highest BCUT2D eigenvalue weighted by Gasteiger charge is 2.51. The van der Waals surface area contributed by atoms with Crippen molar-refractivity contribution in [3.05, 3.63) is 12.4 Å². The van der Waals surface area contributed by atoms with Gasteiger partial charge in [-0.2, -0.15) is 0 Å². The van der Waals surface area contributed by atoms with Crippen molar-refractivity contribution in [1.82, 2.24) is 14.9 Å². The highest BCUT2D eigenvalue weighted by molar-refractivity contribution is 7.99. The minimum atomic E-state index is -0.434. The van der Waals surface area contributed by atoms with Crippen molar-refractivity contribution < 1.29 is 14.1 Å². The van der Waals surface area contributed by atoms with Gasteiger partial charge in [0, 0.05) is 36.2 Å². The second-order valence-electron chi connectivity index (χ2n) is 8.75. The summed E-state index contributed by atoms with van der Waals surface area (Å²) in [5, 5.41) is 0.752. The molecule has 0 aliphatic carbocycles. The van der Waals surface area contributed by atoms with Gasteiger partial charge in [-0.3, -0.25) is 4.79 Å². The van der Waals surface area contributed by atoms with Crippen molar-refractivity contribution in [3.63, 3.8) is 0 Å². The lowest BCUT2D eigenvalue weighted by Gasteiger charge is -2.35. The predicted octanol–water partition coefficient (Wildman–Crippen LogP) is 3.27. The zero-order valence-corrected chi connectivity index (χ0v) is 19.4. The monoisotopic (exact) mass is 439 g/mol. The van der Waals surface area contributed by atoms with Gasteiger partial charge in [-0.25, -0.2) is 9.97 Å². The average molecular weight is 440 g/mol. The van der Waals surface area contributed by atoms with Gasteiger partial charge < -0.3 is 14.2 Å². The van der Waals surface area contributed by atoms with Crippen LogP contribution >= 0.6 is 23.4 Å². The van der Waals surface area contributed by atoms with Crippen molar-refractivity contribution >= 4 is 41.9 Å². The van der Waals surface area contributed by atoms with Gasteiger partial charge in [0.15, 0.2) is 5.16 Å². The molecule has 160 valence electrons. The number of alkyl halides is 1. The van der Waals surface area contributed by atoms with Crippen LogP contribution < -0.4 is 5.46 Å². The number of aromatic nitrogens is 2. The van der Waals surface area contributed by atoms with E-state index in [2.05, 4.69) is 9.97 Å². The molecule has 1 aromatic rings. The molecule has 29 heavy (non-hydrogen) atoms. The molecule has 2 aliphatic heterocycles. The molecule has 9 heteroatoms. The molecule has 1 aromatic heterocycles. The van der Waals surface area contributed by atoms with E-state index in [1.54, 1.807) is 24.2 Å². The molecule has 2 fully saturated rings. The minimum Gasteiger partial charge on any atom is -0.399 e. The van der Waals surface area contributed by atoms with Crippen molar-refractivity contribution in [2.45, 2.75) is 82.2 Å². The van der Waals surface area contributed by atoms with E-state index in [9.17, 15) is 4.79 Å². The van der Waals surface area contributed by atoms with Crippen LogP contribution in [0, 0.1) is 0 Å². The van der Waals surface area contributed by atoms with Crippen LogP contribution in [0.4, 0.5) is 0 Å². The summed E-state index contributed by atoms with van der Waals surface area (Å²) in [7, 11) is -0.434. The second-order valence-corrected chi connectivity index (χ2v) is 10.1. The number of carbonyl (C=O) groups excluding carboxylic acids is 1. The molecule has 0 spiro atoms. The van der Waals surface area contributed by atoms with Crippen LogP contribution in [0.2, 0.25) is 0 Å². The molecule has 2 aliphatic rings. The number of hydrogen-bond donors (Lipinski definition) is 0. The number of amides is 1. The molecular formula is C20H31BClN3O3S. The molecule has 1 atom stereocenters. The molecule has 0 radical (unpaired) electrons. The summed E-state index contributed by atoms with van der Waals surface area (Å²) in [6.45, 7) is 8.98. The Morgan fingerprint density at radius 1 is 1.24 bits per heavy atom. The van der Waals surface area contributed by atoms with Crippen molar-refractivity contribution in [3.8, 4) is 0 Å². The maximum absolute atomic E-state index is 12.0. The number of hydrogen-bond acceptors (Lipinski definition) is 6. The number of rotatable bonds is 7. The van der Waals surface area contributed by atoms with Crippen LogP contribution in [0.25, 0.3) is 0 Å². The first kappa shape index (κ1) is 22.9. The summed E-state index contributed by atoms with van der Waals surface area (Å²) in [6.07, 6.45) is 8.95. The molecule has 0 N–H and O–H groups in total. The Morgan fingerprint density at radius 3 is 2.52 bits per heavy atom. The van der Waals surface area contributed by atoms with Crippen molar-refractivity contribution in [1.29, 1.82) is 0 Å². The Morgan fingerprint density at radius 2 is 1.90 bits per heavy atom. The van der Waals surface area contributed by atoms with E-state index in [4.69, 9.17) is 20.9 Å². The normalized spacial score (nSPS) is 23.4. The smallest absolute Gasteiger partial charge is 0.399 e. The summed E-state index contributed by atoms with van der Waals surface area (Å²) in [4.78, 5) is 22.9. The van der Waals surface area contributed by atoms with Gasteiger partial charge in [-0.05, 0) is 59.8 Å². The van der Waals surface area contributed by atoms with Gasteiger partial charge in [0.1, 0.15) is 5.88 Å². The van der Waals surface area contributed by atoms with E-state index in [1.165, 1.54) is 6.42 Å². The zero-order chi connectivity index (χ0) is 21.1. The SMILES string of the molecule is CC1(C)OB(c2cnc(SCCC[C@H]3CCCCN3C(=O)CCl)nc2)OC1(C)C. The first-order valence-corrected chi connectivity index (χ1v) is 11.9. The summed E-state index contributed by atoms with van der Waals surface area (Å²) >= 11 is 7.40. The number of halogens is 1. The van der Waals surface area contributed by atoms with Gasteiger partial charge in [-0.1, -0.05) is 11.8 Å². The molecule has 6 nitrogen and oxygen atoms in total. The van der Waals surface area contributed by atoms with E-state index in [0.717, 1.165) is 48.6 Å². The molecule has 3 rings (SSSR count). The minimum absolute atomic E-state index is 0.0608. The first-order valence-electron chi connectivity index (χ1n) is 10.4. The van der Waals surface area contributed by atoms with Crippen LogP contribution in [-0.2, 0) is 14.1 Å². The predicted molar refractivity (Wildman–Crippen MR) is 118 cm³/mol. The summed E-state index contributed by atoms with van der Waals surface area (Å²) < 4.78 is 12.1. The molecule has 0 saturated carbocycles. The third kappa shape index (κ3) is 5.46. The van der Waals surface area contributed by atoms with Crippen molar-refractivity contribution in [2.75, 3.05) is 18.2 Å². The lowest BCUT2D eigenvalue weighted by Crippen LogP contribution is -2.44. The van der Waals surface area contributed by atoms with Crippen LogP contribution in [0.15, 0.2) is 17.6 Å². The Balaban J connectivity index is 1.46. The lowest BCUT2D eigenvalue weighted by molar-refractivity contribution is -0.132. The topological polar surface area (TPSA) is 64.5 Å². The third-order valence-corrected chi connectivity index (χ3v) is 7.34. The number of carbonyl (C=O) groups is 1. The highest BCUT2D eigenvalue weighted by Crippen LogP contribution is 2.36. The number of nitrogens with zero attached hydrogens (tertiary/aromatic N) is 3. The van der Waals surface area contributed by atoms with Crippen LogP contribution in [0.1, 0.15) is 59.8 Å². The Hall–Kier alpha value is -0.825. The van der Waals surface area contributed by atoms with E-state index in [-0.39, 0.29) is 23.0 Å². The van der Waals surface area contributed by atoms with E-state index >= 15 is 0 Å². The van der Waals surface area contributed by atoms with Gasteiger partial charge in [0.2, 0.25) is 5.91 Å². The highest BCUT2D eigenvalue weighted by atomic mass is 35.5. The lowest BCUT2D eigenvalue weighted by atomic mass is 9.81. The maximum atomic E-state index is 12.0. The largest absolute Gasteiger partial charge is 0.498 e. The molecule has 1 amide bonds. The van der Waals surface area contributed by atoms with Crippen molar-refractivity contribution in [2.24, 2.45) is 0 Å². The Kier molecular flexibility index (Phi) is 7.52. The summed E-state index contributed by atoms with van der Waals surface area (Å²) in [5.41, 5.74) is 0.0942. The van der Waals surface area contributed by atoms with E-state index in [1.807, 2.05) is 32.6 Å². The summed E-state index contributed by atoms with van der Waals surface area (Å²) in [6, 6.07) is 0.322. The first-order chi connectivity index (χ1) is 13.7. The van der Waals surface area contributed by atoms with Gasteiger partial charge >= 0.3 is 7.12 Å². The zero-order valence-electron chi connectivity index (χ0n) is 17.8. The fourth-order valence-corrected chi connectivity index (χ4v) is 4.59. The number of thioether (sulfide) groups is 1. The Bertz CT molecular complexity index is 689. The molecule has 2 saturated heterocycles. The fraction of sp³-hybridized carbons (Fsp3) is 0.750. The maximum Gasteiger partial charge on any atom is 0.498 e. The number of likely N-dealkylation sites (tertiary alicyclic amines) is 1. The van der Waals surface area contributed by atoms with Gasteiger partial charge in [0.25, 0.3) is 0 Å².